The molecule has 0 spiro atoms. The monoisotopic (exact) mass is 429 g/mol. The number of hydrogen-bond donors (Lipinski definition) is 1. The van der Waals surface area contributed by atoms with Crippen LogP contribution in [0.15, 0.2) is 59.8 Å². The number of anilines is 2. The summed E-state index contributed by atoms with van der Waals surface area (Å²) in [7, 11) is 1.28. The van der Waals surface area contributed by atoms with Gasteiger partial charge in [0.05, 0.1) is 23.5 Å². The van der Waals surface area contributed by atoms with E-state index in [0.29, 0.717) is 32.9 Å². The molecular formula is C21H17ClFN3O2S. The van der Waals surface area contributed by atoms with Crippen LogP contribution in [0.3, 0.4) is 0 Å². The van der Waals surface area contributed by atoms with Gasteiger partial charge < -0.3 is 10.1 Å². The van der Waals surface area contributed by atoms with Crippen molar-refractivity contribution in [3.63, 3.8) is 0 Å². The second kappa shape index (κ2) is 9.54. The topological polar surface area (TPSA) is 64.1 Å². The Kier molecular flexibility index (Phi) is 6.85. The van der Waals surface area contributed by atoms with Gasteiger partial charge in [0.2, 0.25) is 0 Å². The van der Waals surface area contributed by atoms with Gasteiger partial charge in [0.15, 0.2) is 5.16 Å². The van der Waals surface area contributed by atoms with Gasteiger partial charge in [-0.1, -0.05) is 47.6 Å². The van der Waals surface area contributed by atoms with Crippen molar-refractivity contribution in [3.05, 3.63) is 71.0 Å². The summed E-state index contributed by atoms with van der Waals surface area (Å²) in [5.41, 5.74) is 1.68. The van der Waals surface area contributed by atoms with Crippen LogP contribution in [0.2, 0.25) is 5.02 Å². The lowest BCUT2D eigenvalue weighted by Crippen LogP contribution is -2.04. The van der Waals surface area contributed by atoms with Crippen LogP contribution in [-0.4, -0.2) is 29.3 Å². The quantitative estimate of drug-likeness (QED) is 0.238. The Bertz CT molecular complexity index is 1080. The van der Waals surface area contributed by atoms with Crippen LogP contribution in [0.1, 0.15) is 5.56 Å². The zero-order chi connectivity index (χ0) is 20.8. The molecule has 0 amide bonds. The van der Waals surface area contributed by atoms with Gasteiger partial charge in [-0.3, -0.25) is 0 Å². The summed E-state index contributed by atoms with van der Waals surface area (Å²) in [6, 6.07) is 13.5. The molecule has 8 heteroatoms. The maximum atomic E-state index is 14.6. The molecule has 0 radical (unpaired) electrons. The van der Waals surface area contributed by atoms with Gasteiger partial charge in [-0.25, -0.2) is 19.2 Å². The average molecular weight is 430 g/mol. The fourth-order valence-electron chi connectivity index (χ4n) is 2.56. The van der Waals surface area contributed by atoms with Gasteiger partial charge in [-0.15, -0.1) is 0 Å². The first-order valence-electron chi connectivity index (χ1n) is 8.52. The van der Waals surface area contributed by atoms with Crippen molar-refractivity contribution >= 4 is 46.9 Å². The van der Waals surface area contributed by atoms with Crippen LogP contribution in [0, 0.1) is 5.82 Å². The number of para-hydroxylation sites is 1. The van der Waals surface area contributed by atoms with Gasteiger partial charge in [0, 0.05) is 17.2 Å². The number of ether oxygens (including phenoxy) is 1. The van der Waals surface area contributed by atoms with Crippen LogP contribution < -0.4 is 5.32 Å². The highest BCUT2D eigenvalue weighted by Crippen LogP contribution is 2.34. The maximum absolute atomic E-state index is 14.6. The first kappa shape index (κ1) is 20.8. The van der Waals surface area contributed by atoms with Crippen LogP contribution in [-0.2, 0) is 9.53 Å². The molecule has 2 aromatic carbocycles. The molecule has 0 saturated carbocycles. The summed E-state index contributed by atoms with van der Waals surface area (Å²) >= 11 is 7.59. The number of aromatic nitrogens is 2. The Morgan fingerprint density at radius 2 is 1.90 bits per heavy atom. The lowest BCUT2D eigenvalue weighted by molar-refractivity contribution is -0.134. The molecule has 5 nitrogen and oxygen atoms in total. The molecule has 0 unspecified atom stereocenters. The van der Waals surface area contributed by atoms with Gasteiger partial charge in [-0.2, -0.15) is 0 Å². The van der Waals surface area contributed by atoms with Gasteiger partial charge >= 0.3 is 5.97 Å². The molecule has 3 rings (SSSR count). The van der Waals surface area contributed by atoms with Crippen LogP contribution >= 0.6 is 23.4 Å². The minimum absolute atomic E-state index is 0.289. The second-order valence-electron chi connectivity index (χ2n) is 5.76. The fourth-order valence-corrected chi connectivity index (χ4v) is 3.11. The van der Waals surface area contributed by atoms with E-state index < -0.39 is 11.8 Å². The molecule has 148 valence electrons. The third-order valence-electron chi connectivity index (χ3n) is 3.95. The van der Waals surface area contributed by atoms with Crippen molar-refractivity contribution in [2.75, 3.05) is 18.7 Å². The predicted octanol–water partition coefficient (Wildman–Crippen LogP) is 5.59. The van der Waals surface area contributed by atoms with Crippen molar-refractivity contribution < 1.29 is 13.9 Å². The number of benzene rings is 2. The van der Waals surface area contributed by atoms with E-state index in [4.69, 9.17) is 11.6 Å². The van der Waals surface area contributed by atoms with E-state index in [-0.39, 0.29) is 5.56 Å². The summed E-state index contributed by atoms with van der Waals surface area (Å²) in [5, 5.41) is 4.10. The maximum Gasteiger partial charge on any atom is 0.330 e. The summed E-state index contributed by atoms with van der Waals surface area (Å²) in [6.07, 6.45) is 4.56. The summed E-state index contributed by atoms with van der Waals surface area (Å²) in [4.78, 5) is 20.7. The standard InChI is InChI=1S/C21H17ClFN3O2S/c1-28-18(27)12-11-14-19(13-7-3-5-9-16(13)23)25-21(29-2)26-20(14)24-17-10-6-4-8-15(17)22/h3-12H,1-2H3,(H,24,25,26)/b12-11+. The Balaban J connectivity index is 2.23. The van der Waals surface area contributed by atoms with Crippen molar-refractivity contribution in [1.82, 2.24) is 9.97 Å². The number of esters is 1. The largest absolute Gasteiger partial charge is 0.466 e. The Labute approximate surface area is 177 Å². The minimum Gasteiger partial charge on any atom is -0.466 e. The first-order chi connectivity index (χ1) is 14.0. The molecule has 0 aliphatic rings. The van der Waals surface area contributed by atoms with Crippen LogP contribution in [0.25, 0.3) is 17.3 Å². The molecule has 3 aromatic rings. The molecule has 0 saturated heterocycles. The molecule has 0 aliphatic carbocycles. The highest BCUT2D eigenvalue weighted by Gasteiger charge is 2.18. The fraction of sp³-hybridized carbons (Fsp3) is 0.0952. The average Bonchev–Trinajstić information content (AvgIpc) is 2.74. The van der Waals surface area contributed by atoms with E-state index >= 15 is 0 Å². The normalized spacial score (nSPS) is 10.9. The SMILES string of the molecule is COC(=O)/C=C/c1c(Nc2ccccc2Cl)nc(SC)nc1-c1ccccc1F. The van der Waals surface area contributed by atoms with Gasteiger partial charge in [0.1, 0.15) is 11.6 Å². The van der Waals surface area contributed by atoms with Crippen molar-refractivity contribution in [2.24, 2.45) is 0 Å². The third-order valence-corrected chi connectivity index (χ3v) is 4.83. The van der Waals surface area contributed by atoms with Crippen LogP contribution in [0.4, 0.5) is 15.9 Å². The Morgan fingerprint density at radius 3 is 2.59 bits per heavy atom. The molecule has 1 aromatic heterocycles. The number of rotatable bonds is 6. The summed E-state index contributed by atoms with van der Waals surface area (Å²) in [5.74, 6) is -0.604. The zero-order valence-electron chi connectivity index (χ0n) is 15.6. The Hall–Kier alpha value is -2.90. The molecule has 0 fully saturated rings. The van der Waals surface area contributed by atoms with E-state index in [1.807, 2.05) is 18.4 Å². The molecule has 29 heavy (non-hydrogen) atoms. The van der Waals surface area contributed by atoms with Crippen LogP contribution in [0.5, 0.6) is 0 Å². The second-order valence-corrected chi connectivity index (χ2v) is 6.94. The van der Waals surface area contributed by atoms with E-state index in [0.717, 1.165) is 0 Å². The smallest absolute Gasteiger partial charge is 0.330 e. The summed E-state index contributed by atoms with van der Waals surface area (Å²) in [6.45, 7) is 0. The lowest BCUT2D eigenvalue weighted by atomic mass is 10.0. The molecule has 1 heterocycles. The third kappa shape index (κ3) is 4.93. The Morgan fingerprint density at radius 1 is 1.17 bits per heavy atom. The molecule has 0 atom stereocenters. The number of hydrogen-bond acceptors (Lipinski definition) is 6. The highest BCUT2D eigenvalue weighted by molar-refractivity contribution is 7.98. The van der Waals surface area contributed by atoms with Gasteiger partial charge in [0.25, 0.3) is 0 Å². The van der Waals surface area contributed by atoms with E-state index in [1.165, 1.54) is 37.1 Å². The summed E-state index contributed by atoms with van der Waals surface area (Å²) < 4.78 is 19.2. The molecule has 1 N–H and O–H groups in total. The molecule has 0 aliphatic heterocycles. The number of methoxy groups -OCH3 is 1. The minimum atomic E-state index is -0.554. The number of carbonyl (C=O) groups excluding carboxylic acids is 1. The number of nitrogens with one attached hydrogen (secondary N) is 1. The van der Waals surface area contributed by atoms with Crippen molar-refractivity contribution in [1.29, 1.82) is 0 Å². The molecule has 0 bridgehead atoms. The first-order valence-corrected chi connectivity index (χ1v) is 10.1. The lowest BCUT2D eigenvalue weighted by Gasteiger charge is -2.15. The number of carbonyl (C=O) groups is 1. The van der Waals surface area contributed by atoms with Crippen molar-refractivity contribution in [2.45, 2.75) is 5.16 Å². The predicted molar refractivity (Wildman–Crippen MR) is 115 cm³/mol. The van der Waals surface area contributed by atoms with Crippen molar-refractivity contribution in [3.8, 4) is 11.3 Å². The van der Waals surface area contributed by atoms with E-state index in [9.17, 15) is 9.18 Å². The van der Waals surface area contributed by atoms with Gasteiger partial charge in [-0.05, 0) is 36.6 Å². The number of halogens is 2. The van der Waals surface area contributed by atoms with E-state index in [2.05, 4.69) is 20.0 Å². The number of thioether (sulfide) groups is 1. The number of nitrogens with zero attached hydrogens (tertiary/aromatic N) is 2. The van der Waals surface area contributed by atoms with E-state index in [1.54, 1.807) is 30.3 Å². The zero-order valence-corrected chi connectivity index (χ0v) is 17.2. The molecular weight excluding hydrogens is 413 g/mol. The highest BCUT2D eigenvalue weighted by atomic mass is 35.5.